The number of aromatic nitrogens is 8. The molecule has 1 saturated heterocycles. The first-order valence-corrected chi connectivity index (χ1v) is 14.7. The fourth-order valence-electron chi connectivity index (χ4n) is 5.27. The molecule has 15 nitrogen and oxygen atoms in total. The van der Waals surface area contributed by atoms with Crippen molar-refractivity contribution in [3.63, 3.8) is 0 Å². The SMILES string of the molecule is CCn1nnc([C@H]2O[C@@H](n3cnc4c(NCCc5ccccc5)nc(N(CO)CCc5ccccc5)nc43)[C@H](OC=O)[C@@H]2O)n1. The zero-order chi connectivity index (χ0) is 31.2. The Hall–Kier alpha value is -4.99. The summed E-state index contributed by atoms with van der Waals surface area (Å²) in [6.45, 7) is 3.27. The van der Waals surface area contributed by atoms with Gasteiger partial charge in [-0.25, -0.2) is 4.98 Å². The topological polar surface area (TPSA) is 178 Å². The Morgan fingerprint density at radius 2 is 1.80 bits per heavy atom. The number of aryl methyl sites for hydroxylation is 1. The molecule has 1 aliphatic heterocycles. The van der Waals surface area contributed by atoms with Crippen molar-refractivity contribution in [1.82, 2.24) is 39.7 Å². The van der Waals surface area contributed by atoms with Crippen LogP contribution in [0.5, 0.6) is 0 Å². The van der Waals surface area contributed by atoms with Gasteiger partial charge >= 0.3 is 0 Å². The first-order chi connectivity index (χ1) is 22.1. The van der Waals surface area contributed by atoms with E-state index in [0.717, 1.165) is 17.5 Å². The fraction of sp³-hybridized carbons (Fsp3) is 0.367. The van der Waals surface area contributed by atoms with Crippen LogP contribution in [0.15, 0.2) is 67.0 Å². The van der Waals surface area contributed by atoms with Gasteiger partial charge in [-0.1, -0.05) is 60.7 Å². The molecule has 1 aliphatic rings. The molecule has 0 aliphatic carbocycles. The number of hydrogen-bond acceptors (Lipinski definition) is 13. The van der Waals surface area contributed by atoms with Crippen LogP contribution in [0.25, 0.3) is 11.2 Å². The van der Waals surface area contributed by atoms with Gasteiger partial charge in [-0.3, -0.25) is 9.36 Å². The smallest absolute Gasteiger partial charge is 0.293 e. The molecule has 0 bridgehead atoms. The van der Waals surface area contributed by atoms with Crippen molar-refractivity contribution in [3.05, 3.63) is 83.9 Å². The molecule has 5 aromatic rings. The zero-order valence-corrected chi connectivity index (χ0v) is 24.6. The number of benzene rings is 2. The second kappa shape index (κ2) is 13.8. The lowest BCUT2D eigenvalue weighted by atomic mass is 10.1. The first-order valence-electron chi connectivity index (χ1n) is 14.7. The standard InChI is InChI=1S/C30H34N10O5/c1-2-40-36-27(35-37-40)24-23(43)25(44-19-42)29(45-24)39-17-32-22-26(31-15-13-20-9-5-3-6-10-20)33-30(34-28(22)39)38(18-41)16-14-21-11-7-4-8-12-21/h3-12,17,19,23-25,29,41,43H,2,13-16,18H2,1H3,(H,31,33,34)/t23-,24+,25-,29-/m1/s1. The first kappa shape index (κ1) is 30.1. The van der Waals surface area contributed by atoms with Crippen LogP contribution in [0.1, 0.15) is 36.2 Å². The van der Waals surface area contributed by atoms with Gasteiger partial charge in [0.2, 0.25) is 11.8 Å². The summed E-state index contributed by atoms with van der Waals surface area (Å²) in [5, 5.41) is 37.1. The lowest BCUT2D eigenvalue weighted by Gasteiger charge is -2.22. The maximum absolute atomic E-state index is 11.5. The number of tetrazole rings is 1. The predicted molar refractivity (Wildman–Crippen MR) is 162 cm³/mol. The van der Waals surface area contributed by atoms with Crippen LogP contribution in [-0.2, 0) is 33.7 Å². The average Bonchev–Trinajstić information content (AvgIpc) is 3.80. The van der Waals surface area contributed by atoms with Crippen molar-refractivity contribution in [1.29, 1.82) is 0 Å². The molecule has 6 rings (SSSR count). The molecule has 3 N–H and O–H groups in total. The Balaban J connectivity index is 1.35. The van der Waals surface area contributed by atoms with Crippen molar-refractivity contribution in [2.24, 2.45) is 0 Å². The number of aliphatic hydroxyl groups excluding tert-OH is 2. The van der Waals surface area contributed by atoms with Crippen molar-refractivity contribution in [2.45, 2.75) is 50.8 Å². The van der Waals surface area contributed by atoms with Gasteiger partial charge in [-0.05, 0) is 36.1 Å². The number of anilines is 2. The van der Waals surface area contributed by atoms with Gasteiger partial charge in [-0.15, -0.1) is 10.2 Å². The number of carbonyl (C=O) groups excluding carboxylic acids is 1. The number of rotatable bonds is 14. The van der Waals surface area contributed by atoms with Gasteiger partial charge in [0.1, 0.15) is 12.8 Å². The molecular weight excluding hydrogens is 580 g/mol. The Labute approximate surface area is 258 Å². The fourth-order valence-corrected chi connectivity index (χ4v) is 5.27. The number of fused-ring (bicyclic) bond motifs is 1. The van der Waals surface area contributed by atoms with E-state index in [-0.39, 0.29) is 25.0 Å². The second-order valence-electron chi connectivity index (χ2n) is 10.5. The van der Waals surface area contributed by atoms with E-state index >= 15 is 0 Å². The van der Waals surface area contributed by atoms with Crippen LogP contribution in [0, 0.1) is 0 Å². The number of nitrogens with zero attached hydrogens (tertiary/aromatic N) is 9. The van der Waals surface area contributed by atoms with Crippen LogP contribution >= 0.6 is 0 Å². The zero-order valence-electron chi connectivity index (χ0n) is 24.6. The third-order valence-electron chi connectivity index (χ3n) is 7.63. The number of carbonyl (C=O) groups is 1. The molecule has 3 aromatic heterocycles. The van der Waals surface area contributed by atoms with E-state index in [0.29, 0.717) is 43.0 Å². The molecule has 0 saturated carbocycles. The second-order valence-corrected chi connectivity index (χ2v) is 10.5. The summed E-state index contributed by atoms with van der Waals surface area (Å²) in [5.74, 6) is 0.875. The van der Waals surface area contributed by atoms with Crippen molar-refractivity contribution >= 4 is 29.4 Å². The highest BCUT2D eigenvalue weighted by molar-refractivity contribution is 5.84. The summed E-state index contributed by atoms with van der Waals surface area (Å²) in [5.41, 5.74) is 3.05. The molecule has 2 aromatic carbocycles. The molecule has 1 fully saturated rings. The van der Waals surface area contributed by atoms with Crippen LogP contribution in [0.4, 0.5) is 11.8 Å². The lowest BCUT2D eigenvalue weighted by Crippen LogP contribution is -2.32. The molecule has 234 valence electrons. The summed E-state index contributed by atoms with van der Waals surface area (Å²) < 4.78 is 13.1. The van der Waals surface area contributed by atoms with E-state index in [9.17, 15) is 15.0 Å². The third-order valence-corrected chi connectivity index (χ3v) is 7.63. The third kappa shape index (κ3) is 6.45. The maximum atomic E-state index is 11.5. The van der Waals surface area contributed by atoms with E-state index in [1.807, 2.05) is 55.5 Å². The van der Waals surface area contributed by atoms with Crippen LogP contribution < -0.4 is 10.2 Å². The van der Waals surface area contributed by atoms with Gasteiger partial charge in [0.05, 0.1) is 12.9 Å². The van der Waals surface area contributed by atoms with Crippen molar-refractivity contribution in [2.75, 3.05) is 30.0 Å². The number of hydrogen-bond donors (Lipinski definition) is 3. The summed E-state index contributed by atoms with van der Waals surface area (Å²) in [6, 6.07) is 20.0. The van der Waals surface area contributed by atoms with Crippen LogP contribution in [0.2, 0.25) is 0 Å². The van der Waals surface area contributed by atoms with Crippen molar-refractivity contribution < 1.29 is 24.5 Å². The molecule has 4 atom stereocenters. The minimum atomic E-state index is -1.29. The summed E-state index contributed by atoms with van der Waals surface area (Å²) >= 11 is 0. The minimum absolute atomic E-state index is 0.154. The number of nitrogens with one attached hydrogen (secondary N) is 1. The molecule has 0 amide bonds. The maximum Gasteiger partial charge on any atom is 0.293 e. The van der Waals surface area contributed by atoms with Gasteiger partial charge in [0.25, 0.3) is 6.47 Å². The van der Waals surface area contributed by atoms with E-state index in [1.54, 1.807) is 9.47 Å². The molecule has 4 heterocycles. The van der Waals surface area contributed by atoms with E-state index in [4.69, 9.17) is 19.4 Å². The normalized spacial score (nSPS) is 19.5. The molecular formula is C30H34N10O5. The number of aliphatic hydroxyl groups is 2. The Bertz CT molecular complexity index is 1700. The van der Waals surface area contributed by atoms with Gasteiger partial charge in [0, 0.05) is 13.1 Å². The highest BCUT2D eigenvalue weighted by Crippen LogP contribution is 2.40. The highest BCUT2D eigenvalue weighted by atomic mass is 16.6. The predicted octanol–water partition coefficient (Wildman–Crippen LogP) is 1.66. The summed E-state index contributed by atoms with van der Waals surface area (Å²) in [4.78, 5) is 28.7. The highest BCUT2D eigenvalue weighted by Gasteiger charge is 2.49. The number of ether oxygens (including phenoxy) is 2. The molecule has 15 heteroatoms. The average molecular weight is 615 g/mol. The van der Waals surface area contributed by atoms with E-state index in [2.05, 4.69) is 37.8 Å². The molecule has 0 spiro atoms. The van der Waals surface area contributed by atoms with E-state index < -0.39 is 24.5 Å². The Kier molecular flexibility index (Phi) is 9.19. The Morgan fingerprint density at radius 3 is 2.47 bits per heavy atom. The lowest BCUT2D eigenvalue weighted by molar-refractivity contribution is -0.142. The molecule has 0 unspecified atom stereocenters. The monoisotopic (exact) mass is 614 g/mol. The quantitative estimate of drug-likeness (QED) is 0.122. The number of imidazole rings is 1. The minimum Gasteiger partial charge on any atom is -0.457 e. The van der Waals surface area contributed by atoms with Crippen molar-refractivity contribution in [3.8, 4) is 0 Å². The van der Waals surface area contributed by atoms with Gasteiger partial charge in [0.15, 0.2) is 35.4 Å². The van der Waals surface area contributed by atoms with E-state index in [1.165, 1.54) is 11.1 Å². The summed E-state index contributed by atoms with van der Waals surface area (Å²) in [7, 11) is 0. The molecule has 45 heavy (non-hydrogen) atoms. The summed E-state index contributed by atoms with van der Waals surface area (Å²) in [6.07, 6.45) is -1.59. The van der Waals surface area contributed by atoms with Crippen LogP contribution in [-0.4, -0.2) is 88.4 Å². The van der Waals surface area contributed by atoms with Crippen LogP contribution in [0.3, 0.4) is 0 Å². The van der Waals surface area contributed by atoms with Gasteiger partial charge < -0.3 is 29.9 Å². The molecule has 0 radical (unpaired) electrons. The Morgan fingerprint density at radius 1 is 1.07 bits per heavy atom. The largest absolute Gasteiger partial charge is 0.457 e. The van der Waals surface area contributed by atoms with Gasteiger partial charge in [-0.2, -0.15) is 14.8 Å².